The molecule has 1 aromatic rings. The maximum Gasteiger partial charge on any atom is 0.308 e. The van der Waals surface area contributed by atoms with Crippen LogP contribution in [-0.4, -0.2) is 35.0 Å². The Morgan fingerprint density at radius 2 is 2.20 bits per heavy atom. The van der Waals surface area contributed by atoms with E-state index in [4.69, 9.17) is 10.8 Å². The van der Waals surface area contributed by atoms with E-state index in [0.29, 0.717) is 16.5 Å². The predicted octanol–water partition coefficient (Wildman–Crippen LogP) is 1.39. The van der Waals surface area contributed by atoms with Crippen LogP contribution in [0.2, 0.25) is 0 Å². The standard InChI is InChI=1S/C13H14BrFN2O3/c14-10-3-1-2-9-8(10)4-5-17(11(18)7-16)13(9,15)6-12(19)20/h1-3H,4-7,16H2,(H,19,20). The maximum absolute atomic E-state index is 15.3. The van der Waals surface area contributed by atoms with E-state index in [1.165, 1.54) is 6.07 Å². The van der Waals surface area contributed by atoms with Gasteiger partial charge in [-0.15, -0.1) is 0 Å². The molecule has 0 aromatic heterocycles. The highest BCUT2D eigenvalue weighted by Gasteiger charge is 2.47. The zero-order chi connectivity index (χ0) is 14.9. The number of hydrogen-bond acceptors (Lipinski definition) is 3. The minimum absolute atomic E-state index is 0.107. The summed E-state index contributed by atoms with van der Waals surface area (Å²) in [6.07, 6.45) is -0.351. The van der Waals surface area contributed by atoms with E-state index in [-0.39, 0.29) is 18.7 Å². The third-order valence-corrected chi connectivity index (χ3v) is 4.15. The third kappa shape index (κ3) is 2.43. The van der Waals surface area contributed by atoms with Crippen LogP contribution >= 0.6 is 15.9 Å². The van der Waals surface area contributed by atoms with E-state index < -0.39 is 24.1 Å². The molecule has 108 valence electrons. The van der Waals surface area contributed by atoms with Gasteiger partial charge in [0.1, 0.15) is 6.42 Å². The number of hydrogen-bond donors (Lipinski definition) is 2. The van der Waals surface area contributed by atoms with Gasteiger partial charge in [-0.3, -0.25) is 9.59 Å². The van der Waals surface area contributed by atoms with Gasteiger partial charge in [-0.1, -0.05) is 28.1 Å². The second-order valence-electron chi connectivity index (χ2n) is 4.60. The minimum Gasteiger partial charge on any atom is -0.481 e. The number of amides is 1. The molecule has 1 amide bonds. The van der Waals surface area contributed by atoms with Crippen LogP contribution in [0.5, 0.6) is 0 Å². The lowest BCUT2D eigenvalue weighted by atomic mass is 9.88. The van der Waals surface area contributed by atoms with Gasteiger partial charge >= 0.3 is 5.97 Å². The number of benzene rings is 1. The first-order chi connectivity index (χ1) is 9.40. The Labute approximate surface area is 123 Å². The lowest BCUT2D eigenvalue weighted by Crippen LogP contribution is -2.53. The lowest BCUT2D eigenvalue weighted by molar-refractivity contribution is -0.158. The van der Waals surface area contributed by atoms with Crippen LogP contribution in [-0.2, 0) is 21.8 Å². The summed E-state index contributed by atoms with van der Waals surface area (Å²) in [7, 11) is 0. The molecule has 0 spiro atoms. The van der Waals surface area contributed by atoms with E-state index in [9.17, 15) is 9.59 Å². The van der Waals surface area contributed by atoms with Crippen molar-refractivity contribution in [1.82, 2.24) is 4.90 Å². The van der Waals surface area contributed by atoms with Crippen LogP contribution in [0.25, 0.3) is 0 Å². The first kappa shape index (κ1) is 14.9. The molecule has 20 heavy (non-hydrogen) atoms. The molecule has 2 rings (SSSR count). The largest absolute Gasteiger partial charge is 0.481 e. The Bertz CT molecular complexity index is 567. The number of rotatable bonds is 3. The summed E-state index contributed by atoms with van der Waals surface area (Å²) >= 11 is 3.33. The molecule has 0 saturated heterocycles. The van der Waals surface area contributed by atoms with Crippen molar-refractivity contribution in [3.63, 3.8) is 0 Å². The van der Waals surface area contributed by atoms with Gasteiger partial charge in [0.05, 0.1) is 6.54 Å². The highest BCUT2D eigenvalue weighted by Crippen LogP contribution is 2.42. The monoisotopic (exact) mass is 344 g/mol. The molecule has 1 atom stereocenters. The summed E-state index contributed by atoms with van der Waals surface area (Å²) in [5.41, 5.74) is 6.19. The Kier molecular flexibility index (Phi) is 4.10. The Morgan fingerprint density at radius 3 is 2.80 bits per heavy atom. The zero-order valence-corrected chi connectivity index (χ0v) is 12.2. The number of carboxylic acid groups (broad SMARTS) is 1. The molecule has 0 bridgehead atoms. The third-order valence-electron chi connectivity index (χ3n) is 3.41. The van der Waals surface area contributed by atoms with Crippen molar-refractivity contribution in [2.75, 3.05) is 13.1 Å². The molecule has 0 saturated carbocycles. The number of carbonyl (C=O) groups is 2. The smallest absolute Gasteiger partial charge is 0.308 e. The van der Waals surface area contributed by atoms with Crippen molar-refractivity contribution >= 4 is 27.8 Å². The van der Waals surface area contributed by atoms with Gasteiger partial charge in [0, 0.05) is 16.6 Å². The van der Waals surface area contributed by atoms with Crippen molar-refractivity contribution < 1.29 is 19.1 Å². The molecule has 1 aromatic carbocycles. The average Bonchev–Trinajstić information content (AvgIpc) is 2.38. The van der Waals surface area contributed by atoms with Crippen molar-refractivity contribution in [3.05, 3.63) is 33.8 Å². The Hall–Kier alpha value is -1.47. The van der Waals surface area contributed by atoms with Gasteiger partial charge in [-0.25, -0.2) is 4.39 Å². The molecule has 1 aliphatic heterocycles. The molecule has 0 aliphatic carbocycles. The molecule has 0 fully saturated rings. The predicted molar refractivity (Wildman–Crippen MR) is 73.7 cm³/mol. The van der Waals surface area contributed by atoms with Gasteiger partial charge in [0.2, 0.25) is 11.7 Å². The van der Waals surface area contributed by atoms with Crippen molar-refractivity contribution in [1.29, 1.82) is 0 Å². The second-order valence-corrected chi connectivity index (χ2v) is 5.45. The van der Waals surface area contributed by atoms with Crippen LogP contribution in [0.4, 0.5) is 4.39 Å². The SMILES string of the molecule is NCC(=O)N1CCc2c(Br)cccc2C1(F)CC(=O)O. The number of aliphatic carboxylic acids is 1. The normalized spacial score (nSPS) is 21.4. The summed E-state index contributed by atoms with van der Waals surface area (Å²) in [5, 5.41) is 8.98. The molecule has 1 unspecified atom stereocenters. The fraction of sp³-hybridized carbons (Fsp3) is 0.385. The minimum atomic E-state index is -2.36. The van der Waals surface area contributed by atoms with Crippen LogP contribution in [0.1, 0.15) is 17.5 Å². The quantitative estimate of drug-likeness (QED) is 0.811. The van der Waals surface area contributed by atoms with Gasteiger partial charge < -0.3 is 15.7 Å². The van der Waals surface area contributed by atoms with Gasteiger partial charge in [-0.2, -0.15) is 0 Å². The first-order valence-corrected chi connectivity index (χ1v) is 6.88. The van der Waals surface area contributed by atoms with E-state index in [1.807, 2.05) is 0 Å². The zero-order valence-electron chi connectivity index (χ0n) is 10.6. The molecule has 1 aliphatic rings. The number of fused-ring (bicyclic) bond motifs is 1. The average molecular weight is 345 g/mol. The van der Waals surface area contributed by atoms with Crippen LogP contribution in [0.3, 0.4) is 0 Å². The second kappa shape index (κ2) is 5.49. The molecular formula is C13H14BrFN2O3. The Balaban J connectivity index is 2.56. The fourth-order valence-corrected chi connectivity index (χ4v) is 3.11. The summed E-state index contributed by atoms with van der Waals surface area (Å²) in [6.45, 7) is -0.246. The van der Waals surface area contributed by atoms with E-state index in [2.05, 4.69) is 15.9 Å². The van der Waals surface area contributed by atoms with E-state index in [0.717, 1.165) is 4.90 Å². The Morgan fingerprint density at radius 1 is 1.50 bits per heavy atom. The molecule has 5 nitrogen and oxygen atoms in total. The number of nitrogens with zero attached hydrogens (tertiary/aromatic N) is 1. The number of alkyl halides is 1. The number of halogens is 2. The lowest BCUT2D eigenvalue weighted by Gasteiger charge is -2.42. The highest BCUT2D eigenvalue weighted by molar-refractivity contribution is 9.10. The summed E-state index contributed by atoms with van der Waals surface area (Å²) < 4.78 is 16.1. The van der Waals surface area contributed by atoms with Gasteiger partial charge in [0.15, 0.2) is 0 Å². The summed E-state index contributed by atoms with van der Waals surface area (Å²) in [4.78, 5) is 23.7. The van der Waals surface area contributed by atoms with E-state index >= 15 is 4.39 Å². The molecular weight excluding hydrogens is 331 g/mol. The van der Waals surface area contributed by atoms with Crippen molar-refractivity contribution in [2.24, 2.45) is 5.73 Å². The van der Waals surface area contributed by atoms with Crippen LogP contribution in [0.15, 0.2) is 22.7 Å². The summed E-state index contributed by atoms with van der Waals surface area (Å²) in [6, 6.07) is 4.90. The maximum atomic E-state index is 15.3. The highest BCUT2D eigenvalue weighted by atomic mass is 79.9. The summed E-state index contributed by atoms with van der Waals surface area (Å²) in [5.74, 6) is -4.27. The van der Waals surface area contributed by atoms with Crippen LogP contribution < -0.4 is 5.73 Å². The van der Waals surface area contributed by atoms with Crippen molar-refractivity contribution in [3.8, 4) is 0 Å². The molecule has 7 heteroatoms. The van der Waals surface area contributed by atoms with Gasteiger partial charge in [-0.05, 0) is 18.1 Å². The first-order valence-electron chi connectivity index (χ1n) is 6.09. The number of carbonyl (C=O) groups excluding carboxylic acids is 1. The molecule has 1 heterocycles. The molecule has 0 radical (unpaired) electrons. The fourth-order valence-electron chi connectivity index (χ4n) is 2.54. The topological polar surface area (TPSA) is 83.6 Å². The van der Waals surface area contributed by atoms with Crippen LogP contribution in [0, 0.1) is 0 Å². The van der Waals surface area contributed by atoms with E-state index in [1.54, 1.807) is 12.1 Å². The number of nitrogens with two attached hydrogens (primary N) is 1. The van der Waals surface area contributed by atoms with Gasteiger partial charge in [0.25, 0.3) is 0 Å². The number of carboxylic acids is 1. The molecule has 3 N–H and O–H groups in total. The van der Waals surface area contributed by atoms with Crippen molar-refractivity contribution in [2.45, 2.75) is 18.6 Å².